The number of aliphatic hydroxyl groups is 1. The van der Waals surface area contributed by atoms with Gasteiger partial charge < -0.3 is 14.7 Å². The molecule has 1 N–H and O–H groups in total. The van der Waals surface area contributed by atoms with Crippen LogP contribution in [0.3, 0.4) is 0 Å². The van der Waals surface area contributed by atoms with Gasteiger partial charge >= 0.3 is 0 Å². The van der Waals surface area contributed by atoms with E-state index in [1.54, 1.807) is 24.3 Å². The molecule has 1 saturated carbocycles. The van der Waals surface area contributed by atoms with Crippen molar-refractivity contribution in [3.05, 3.63) is 29.8 Å². The summed E-state index contributed by atoms with van der Waals surface area (Å²) in [6, 6.07) is 9.04. The monoisotopic (exact) mass is 288 g/mol. The van der Waals surface area contributed by atoms with Crippen molar-refractivity contribution < 1.29 is 14.6 Å². The van der Waals surface area contributed by atoms with Crippen LogP contribution in [0.15, 0.2) is 24.3 Å². The van der Waals surface area contributed by atoms with Crippen molar-refractivity contribution in [1.82, 2.24) is 4.90 Å². The van der Waals surface area contributed by atoms with E-state index in [2.05, 4.69) is 0 Å². The fraction of sp³-hybridized carbons (Fsp3) is 0.500. The minimum atomic E-state index is -0.0440. The lowest BCUT2D eigenvalue weighted by Crippen LogP contribution is -2.46. The number of aliphatic hydroxyl groups excluding tert-OH is 1. The van der Waals surface area contributed by atoms with Crippen LogP contribution in [0, 0.1) is 11.3 Å². The third-order valence-corrected chi connectivity index (χ3v) is 3.74. The molecule has 0 bridgehead atoms. The summed E-state index contributed by atoms with van der Waals surface area (Å²) in [6.07, 6.45) is 3.82. The molecule has 0 heterocycles. The molecule has 5 nitrogen and oxygen atoms in total. The molecule has 0 aromatic heterocycles. The van der Waals surface area contributed by atoms with Crippen LogP contribution in [0.4, 0.5) is 0 Å². The number of carbonyl (C=O) groups excluding carboxylic acids is 1. The Hall–Kier alpha value is -2.06. The Morgan fingerprint density at radius 3 is 2.62 bits per heavy atom. The van der Waals surface area contributed by atoms with E-state index in [-0.39, 0.29) is 19.1 Å². The predicted molar refractivity (Wildman–Crippen MR) is 77.7 cm³/mol. The maximum Gasteiger partial charge on any atom is 0.260 e. The summed E-state index contributed by atoms with van der Waals surface area (Å²) in [5, 5.41) is 17.7. The van der Waals surface area contributed by atoms with Crippen LogP contribution in [-0.4, -0.2) is 41.7 Å². The lowest BCUT2D eigenvalue weighted by atomic mass is 9.91. The first kappa shape index (κ1) is 15.3. The van der Waals surface area contributed by atoms with E-state index in [4.69, 9.17) is 15.1 Å². The van der Waals surface area contributed by atoms with Crippen LogP contribution >= 0.6 is 0 Å². The number of carbonyl (C=O) groups is 1. The van der Waals surface area contributed by atoms with Crippen LogP contribution in [0.25, 0.3) is 0 Å². The first-order chi connectivity index (χ1) is 10.2. The smallest absolute Gasteiger partial charge is 0.260 e. The minimum Gasteiger partial charge on any atom is -0.484 e. The molecule has 1 amide bonds. The number of amides is 1. The summed E-state index contributed by atoms with van der Waals surface area (Å²) in [5.74, 6) is 0.538. The molecule has 1 aromatic rings. The molecule has 0 unspecified atom stereocenters. The lowest BCUT2D eigenvalue weighted by Gasteiger charge is -2.37. The molecule has 0 saturated heterocycles. The van der Waals surface area contributed by atoms with Gasteiger partial charge in [-0.05, 0) is 49.9 Å². The van der Waals surface area contributed by atoms with Crippen LogP contribution in [0.1, 0.15) is 31.2 Å². The molecule has 0 aliphatic heterocycles. The predicted octanol–water partition coefficient (Wildman–Crippen LogP) is 1.70. The number of hydrogen-bond donors (Lipinski definition) is 1. The van der Waals surface area contributed by atoms with E-state index in [9.17, 15) is 4.79 Å². The number of benzene rings is 1. The van der Waals surface area contributed by atoms with Crippen molar-refractivity contribution in [2.75, 3.05) is 19.8 Å². The van der Waals surface area contributed by atoms with E-state index >= 15 is 0 Å². The van der Waals surface area contributed by atoms with Gasteiger partial charge in [-0.25, -0.2) is 0 Å². The van der Waals surface area contributed by atoms with E-state index in [1.165, 1.54) is 0 Å². The summed E-state index contributed by atoms with van der Waals surface area (Å²) in [4.78, 5) is 14.1. The van der Waals surface area contributed by atoms with Gasteiger partial charge in [-0.15, -0.1) is 0 Å². The molecule has 5 heteroatoms. The second kappa shape index (κ2) is 7.65. The molecule has 0 atom stereocenters. The Kier molecular flexibility index (Phi) is 5.59. The molecule has 0 spiro atoms. The highest BCUT2D eigenvalue weighted by atomic mass is 16.5. The molecule has 112 valence electrons. The quantitative estimate of drug-likeness (QED) is 0.828. The third-order valence-electron chi connectivity index (χ3n) is 3.74. The second-order valence-corrected chi connectivity index (χ2v) is 5.17. The van der Waals surface area contributed by atoms with Crippen LogP contribution < -0.4 is 4.74 Å². The topological polar surface area (TPSA) is 73.6 Å². The molecule has 1 fully saturated rings. The maximum atomic E-state index is 12.2. The largest absolute Gasteiger partial charge is 0.484 e. The molecular weight excluding hydrogens is 268 g/mol. The van der Waals surface area contributed by atoms with Crippen molar-refractivity contribution in [3.63, 3.8) is 0 Å². The fourth-order valence-electron chi connectivity index (χ4n) is 2.30. The van der Waals surface area contributed by atoms with Gasteiger partial charge in [0.05, 0.1) is 11.6 Å². The van der Waals surface area contributed by atoms with Gasteiger partial charge in [0.1, 0.15) is 5.75 Å². The lowest BCUT2D eigenvalue weighted by molar-refractivity contribution is -0.137. The Labute approximate surface area is 124 Å². The molecule has 1 aliphatic rings. The summed E-state index contributed by atoms with van der Waals surface area (Å²) in [6.45, 7) is 0.664. The van der Waals surface area contributed by atoms with Crippen molar-refractivity contribution in [3.8, 4) is 11.8 Å². The van der Waals surface area contributed by atoms with Gasteiger partial charge in [0.2, 0.25) is 0 Å². The summed E-state index contributed by atoms with van der Waals surface area (Å²) in [5.41, 5.74) is 0.563. The zero-order valence-corrected chi connectivity index (χ0v) is 12.0. The maximum absolute atomic E-state index is 12.2. The highest BCUT2D eigenvalue weighted by molar-refractivity contribution is 5.78. The standard InChI is InChI=1S/C16H20N2O3/c17-11-13-5-7-15(8-6-13)21-12-16(20)18(9-2-10-19)14-3-1-4-14/h5-8,14,19H,1-4,9-10,12H2. The highest BCUT2D eigenvalue weighted by Crippen LogP contribution is 2.25. The van der Waals surface area contributed by atoms with E-state index in [0.717, 1.165) is 19.3 Å². The molecule has 0 radical (unpaired) electrons. The Balaban J connectivity index is 1.87. The van der Waals surface area contributed by atoms with Gasteiger partial charge in [0.25, 0.3) is 5.91 Å². The molecule has 1 aliphatic carbocycles. The summed E-state index contributed by atoms with van der Waals surface area (Å²) >= 11 is 0. The number of nitrogens with zero attached hydrogens (tertiary/aromatic N) is 2. The van der Waals surface area contributed by atoms with E-state index < -0.39 is 0 Å². The number of nitriles is 1. The molecular formula is C16H20N2O3. The number of ether oxygens (including phenoxy) is 1. The summed E-state index contributed by atoms with van der Waals surface area (Å²) < 4.78 is 5.48. The van der Waals surface area contributed by atoms with Gasteiger partial charge in [-0.2, -0.15) is 5.26 Å². The first-order valence-corrected chi connectivity index (χ1v) is 7.28. The van der Waals surface area contributed by atoms with Crippen molar-refractivity contribution in [1.29, 1.82) is 5.26 Å². The minimum absolute atomic E-state index is 0.00612. The van der Waals surface area contributed by atoms with Gasteiger partial charge in [0, 0.05) is 19.2 Å². The van der Waals surface area contributed by atoms with Crippen molar-refractivity contribution >= 4 is 5.91 Å². The molecule has 2 rings (SSSR count). The van der Waals surface area contributed by atoms with Gasteiger partial charge in [-0.3, -0.25) is 4.79 Å². The van der Waals surface area contributed by atoms with E-state index in [1.807, 2.05) is 11.0 Å². The average Bonchev–Trinajstić information content (AvgIpc) is 2.47. The number of rotatable bonds is 7. The van der Waals surface area contributed by atoms with Crippen LogP contribution in [0.5, 0.6) is 5.75 Å². The fourth-order valence-corrected chi connectivity index (χ4v) is 2.30. The first-order valence-electron chi connectivity index (χ1n) is 7.28. The Morgan fingerprint density at radius 2 is 2.10 bits per heavy atom. The Bertz CT molecular complexity index is 503. The third kappa shape index (κ3) is 4.20. The van der Waals surface area contributed by atoms with Gasteiger partial charge in [0.15, 0.2) is 6.61 Å². The van der Waals surface area contributed by atoms with E-state index in [0.29, 0.717) is 30.3 Å². The molecule has 1 aromatic carbocycles. The summed E-state index contributed by atoms with van der Waals surface area (Å²) in [7, 11) is 0. The number of hydrogen-bond acceptors (Lipinski definition) is 4. The van der Waals surface area contributed by atoms with Crippen molar-refractivity contribution in [2.45, 2.75) is 31.7 Å². The zero-order chi connectivity index (χ0) is 15.1. The SMILES string of the molecule is N#Cc1ccc(OCC(=O)N(CCCO)C2CCC2)cc1. The van der Waals surface area contributed by atoms with Crippen LogP contribution in [-0.2, 0) is 4.79 Å². The Morgan fingerprint density at radius 1 is 1.38 bits per heavy atom. The second-order valence-electron chi connectivity index (χ2n) is 5.17. The van der Waals surface area contributed by atoms with Gasteiger partial charge in [-0.1, -0.05) is 0 Å². The highest BCUT2D eigenvalue weighted by Gasteiger charge is 2.28. The normalized spacial score (nSPS) is 14.1. The van der Waals surface area contributed by atoms with Crippen molar-refractivity contribution in [2.24, 2.45) is 0 Å². The zero-order valence-electron chi connectivity index (χ0n) is 12.0. The molecule has 21 heavy (non-hydrogen) atoms. The van der Waals surface area contributed by atoms with Crippen LogP contribution in [0.2, 0.25) is 0 Å². The average molecular weight is 288 g/mol.